The molecule has 4 rings (SSSR count). The molecule has 1 fully saturated rings. The topological polar surface area (TPSA) is 58.6 Å². The number of hydrogen-bond acceptors (Lipinski definition) is 4. The van der Waals surface area contributed by atoms with Gasteiger partial charge in [0.15, 0.2) is 5.78 Å². The zero-order valence-corrected chi connectivity index (χ0v) is 22.9. The smallest absolute Gasteiger partial charge is 0.251 e. The molecule has 0 aliphatic carbocycles. The van der Waals surface area contributed by atoms with E-state index in [4.69, 9.17) is 4.74 Å². The predicted octanol–water partition coefficient (Wildman–Crippen LogP) is 6.44. The van der Waals surface area contributed by atoms with Crippen LogP contribution in [0.2, 0.25) is 0 Å². The molecule has 0 radical (unpaired) electrons. The molecule has 1 N–H and O–H groups in total. The molecule has 5 heteroatoms. The van der Waals surface area contributed by atoms with Gasteiger partial charge in [0.1, 0.15) is 5.75 Å². The largest absolute Gasteiger partial charge is 0.496 e. The number of piperidine rings is 1. The van der Waals surface area contributed by atoms with Crippen LogP contribution in [0.4, 0.5) is 0 Å². The molecule has 0 atom stereocenters. The Kier molecular flexibility index (Phi) is 9.72. The highest BCUT2D eigenvalue weighted by Crippen LogP contribution is 2.36. The number of benzene rings is 3. The van der Waals surface area contributed by atoms with Crippen molar-refractivity contribution in [2.75, 3.05) is 33.3 Å². The predicted molar refractivity (Wildman–Crippen MR) is 153 cm³/mol. The van der Waals surface area contributed by atoms with Crippen LogP contribution in [0.15, 0.2) is 72.8 Å². The Morgan fingerprint density at radius 1 is 0.895 bits per heavy atom. The van der Waals surface area contributed by atoms with Crippen molar-refractivity contribution in [3.05, 3.63) is 101 Å². The molecule has 1 amide bonds. The second-order valence-electron chi connectivity index (χ2n) is 10.5. The van der Waals surface area contributed by atoms with Crippen LogP contribution < -0.4 is 10.1 Å². The summed E-state index contributed by atoms with van der Waals surface area (Å²) in [5.41, 5.74) is 4.48. The molecule has 3 aromatic carbocycles. The van der Waals surface area contributed by atoms with Gasteiger partial charge in [0.25, 0.3) is 5.91 Å². The molecule has 1 aliphatic rings. The number of ether oxygens (including phenoxy) is 1. The third kappa shape index (κ3) is 7.11. The minimum atomic E-state index is -0.0954. The third-order valence-corrected chi connectivity index (χ3v) is 7.58. The van der Waals surface area contributed by atoms with Crippen molar-refractivity contribution in [3.63, 3.8) is 0 Å². The van der Waals surface area contributed by atoms with Crippen molar-refractivity contribution < 1.29 is 14.3 Å². The lowest BCUT2D eigenvalue weighted by atomic mass is 9.87. The summed E-state index contributed by atoms with van der Waals surface area (Å²) in [5.74, 6) is 1.95. The molecule has 0 bridgehead atoms. The highest BCUT2D eigenvalue weighted by Gasteiger charge is 2.23. The molecule has 1 aliphatic heterocycles. The summed E-state index contributed by atoms with van der Waals surface area (Å²) in [6, 6.07) is 22.8. The standard InChI is InChI=1S/C33H40N2O3/c1-24(2)29-15-16-30(31(23-29)38-3)25-17-21-35(22-18-25)20-8-7-19-34-33(37)28-13-11-27(12-14-28)32(36)26-9-5-4-6-10-26/h4-6,9-16,23-25H,7-8,17-22H2,1-3H3,(H,34,37). The molecule has 3 aromatic rings. The van der Waals surface area contributed by atoms with Gasteiger partial charge in [-0.15, -0.1) is 0 Å². The fraction of sp³-hybridized carbons (Fsp3) is 0.394. The lowest BCUT2D eigenvalue weighted by Crippen LogP contribution is -2.34. The lowest BCUT2D eigenvalue weighted by Gasteiger charge is -2.33. The fourth-order valence-electron chi connectivity index (χ4n) is 5.19. The molecule has 0 unspecified atom stereocenters. The molecular weight excluding hydrogens is 472 g/mol. The maximum absolute atomic E-state index is 12.5. The summed E-state index contributed by atoms with van der Waals surface area (Å²) < 4.78 is 5.73. The number of carbonyl (C=O) groups excluding carboxylic acids is 2. The van der Waals surface area contributed by atoms with E-state index >= 15 is 0 Å². The van der Waals surface area contributed by atoms with Gasteiger partial charge in [-0.3, -0.25) is 9.59 Å². The molecule has 0 spiro atoms. The molecule has 1 saturated heterocycles. The minimum absolute atomic E-state index is 0.0373. The summed E-state index contributed by atoms with van der Waals surface area (Å²) in [5, 5.41) is 3.01. The number of hydrogen-bond donors (Lipinski definition) is 1. The number of ketones is 1. The van der Waals surface area contributed by atoms with E-state index in [1.54, 1.807) is 43.5 Å². The van der Waals surface area contributed by atoms with Crippen LogP contribution in [-0.4, -0.2) is 49.9 Å². The summed E-state index contributed by atoms with van der Waals surface area (Å²) in [7, 11) is 1.78. The van der Waals surface area contributed by atoms with Crippen molar-refractivity contribution in [1.29, 1.82) is 0 Å². The monoisotopic (exact) mass is 512 g/mol. The number of rotatable bonds is 11. The van der Waals surface area contributed by atoms with Gasteiger partial charge in [0, 0.05) is 23.2 Å². The Balaban J connectivity index is 1.15. The Morgan fingerprint density at radius 2 is 1.55 bits per heavy atom. The SMILES string of the molecule is COc1cc(C(C)C)ccc1C1CCN(CCCCNC(=O)c2ccc(C(=O)c3ccccc3)cc2)CC1. The molecule has 200 valence electrons. The van der Waals surface area contributed by atoms with Crippen LogP contribution in [0.1, 0.15) is 88.8 Å². The first-order chi connectivity index (χ1) is 18.5. The number of carbonyl (C=O) groups is 2. The van der Waals surface area contributed by atoms with E-state index in [2.05, 4.69) is 42.3 Å². The van der Waals surface area contributed by atoms with Gasteiger partial charge in [0.05, 0.1) is 7.11 Å². The molecule has 0 saturated carbocycles. The number of nitrogens with zero attached hydrogens (tertiary/aromatic N) is 1. The van der Waals surface area contributed by atoms with Crippen molar-refractivity contribution in [1.82, 2.24) is 10.2 Å². The lowest BCUT2D eigenvalue weighted by molar-refractivity contribution is 0.0950. The quantitative estimate of drug-likeness (QED) is 0.237. The zero-order chi connectivity index (χ0) is 26.9. The van der Waals surface area contributed by atoms with Gasteiger partial charge in [0.2, 0.25) is 0 Å². The third-order valence-electron chi connectivity index (χ3n) is 7.58. The maximum atomic E-state index is 12.5. The average Bonchev–Trinajstić information content (AvgIpc) is 2.97. The number of likely N-dealkylation sites (tertiary alicyclic amines) is 1. The van der Waals surface area contributed by atoms with Crippen molar-refractivity contribution >= 4 is 11.7 Å². The van der Waals surface area contributed by atoms with E-state index in [0.29, 0.717) is 35.1 Å². The average molecular weight is 513 g/mol. The molecule has 5 nitrogen and oxygen atoms in total. The summed E-state index contributed by atoms with van der Waals surface area (Å²) in [6.07, 6.45) is 4.30. The van der Waals surface area contributed by atoms with Gasteiger partial charge >= 0.3 is 0 Å². The summed E-state index contributed by atoms with van der Waals surface area (Å²) in [4.78, 5) is 27.6. The van der Waals surface area contributed by atoms with Crippen LogP contribution in [0.3, 0.4) is 0 Å². The van der Waals surface area contributed by atoms with Crippen LogP contribution in [0.25, 0.3) is 0 Å². The van der Waals surface area contributed by atoms with Crippen molar-refractivity contribution in [3.8, 4) is 5.75 Å². The van der Waals surface area contributed by atoms with Crippen LogP contribution in [-0.2, 0) is 0 Å². The normalized spacial score (nSPS) is 14.4. The van der Waals surface area contributed by atoms with Crippen molar-refractivity contribution in [2.24, 2.45) is 0 Å². The first-order valence-electron chi connectivity index (χ1n) is 13.8. The van der Waals surface area contributed by atoms with Gasteiger partial charge in [-0.05, 0) is 86.5 Å². The van der Waals surface area contributed by atoms with Crippen molar-refractivity contribution in [2.45, 2.75) is 51.4 Å². The van der Waals surface area contributed by atoms with Crippen LogP contribution in [0.5, 0.6) is 5.75 Å². The zero-order valence-electron chi connectivity index (χ0n) is 22.9. The Hall–Kier alpha value is -3.44. The minimum Gasteiger partial charge on any atom is -0.496 e. The van der Waals surface area contributed by atoms with Gasteiger partial charge in [-0.1, -0.05) is 68.4 Å². The highest BCUT2D eigenvalue weighted by molar-refractivity contribution is 6.09. The summed E-state index contributed by atoms with van der Waals surface area (Å²) >= 11 is 0. The molecular formula is C33H40N2O3. The van der Waals surface area contributed by atoms with Crippen LogP contribution >= 0.6 is 0 Å². The second-order valence-corrected chi connectivity index (χ2v) is 10.5. The highest BCUT2D eigenvalue weighted by atomic mass is 16.5. The van der Waals surface area contributed by atoms with E-state index in [1.165, 1.54) is 11.1 Å². The van der Waals surface area contributed by atoms with E-state index < -0.39 is 0 Å². The van der Waals surface area contributed by atoms with E-state index in [9.17, 15) is 9.59 Å². The number of methoxy groups -OCH3 is 1. The maximum Gasteiger partial charge on any atom is 0.251 e. The second kappa shape index (κ2) is 13.4. The Morgan fingerprint density at radius 3 is 2.21 bits per heavy atom. The van der Waals surface area contributed by atoms with E-state index in [1.807, 2.05) is 18.2 Å². The van der Waals surface area contributed by atoms with Gasteiger partial charge in [-0.2, -0.15) is 0 Å². The number of nitrogens with one attached hydrogen (secondary N) is 1. The number of unbranched alkanes of at least 4 members (excludes halogenated alkanes) is 1. The Labute approximate surface area is 227 Å². The molecule has 0 aromatic heterocycles. The fourth-order valence-corrected chi connectivity index (χ4v) is 5.19. The van der Waals surface area contributed by atoms with E-state index in [0.717, 1.165) is 51.1 Å². The Bertz CT molecular complexity index is 1200. The first kappa shape index (κ1) is 27.6. The number of amides is 1. The molecule has 38 heavy (non-hydrogen) atoms. The van der Waals surface area contributed by atoms with Crippen LogP contribution in [0, 0.1) is 0 Å². The van der Waals surface area contributed by atoms with Gasteiger partial charge < -0.3 is 15.0 Å². The van der Waals surface area contributed by atoms with E-state index in [-0.39, 0.29) is 11.7 Å². The molecule has 1 heterocycles. The first-order valence-corrected chi connectivity index (χ1v) is 13.8. The van der Waals surface area contributed by atoms with Gasteiger partial charge in [-0.25, -0.2) is 0 Å². The summed E-state index contributed by atoms with van der Waals surface area (Å²) in [6.45, 7) is 8.33.